The fourth-order valence-corrected chi connectivity index (χ4v) is 1.80. The number of amides is 1. The smallest absolute Gasteiger partial charge is 0.236 e. The molecule has 0 atom stereocenters. The van der Waals surface area contributed by atoms with E-state index in [4.69, 9.17) is 0 Å². The number of nitrogens with one attached hydrogen (secondary N) is 1. The number of carbonyl (C=O) groups excluding carboxylic acids is 1. The molecule has 0 bridgehead atoms. The normalized spacial score (nSPS) is 17.2. The van der Waals surface area contributed by atoms with Gasteiger partial charge in [0.05, 0.1) is 6.54 Å². The van der Waals surface area contributed by atoms with Crippen LogP contribution in [0.5, 0.6) is 0 Å². The van der Waals surface area contributed by atoms with Crippen LogP contribution < -0.4 is 5.32 Å². The Hall–Kier alpha value is -0.610. The molecule has 1 rings (SSSR count). The lowest BCUT2D eigenvalue weighted by atomic mass is 10.1. The van der Waals surface area contributed by atoms with Crippen molar-refractivity contribution in [3.63, 3.8) is 0 Å². The fraction of sp³-hybridized carbons (Fsp3) is 0.917. The Bertz CT molecular complexity index is 212. The van der Waals surface area contributed by atoms with Gasteiger partial charge in [0.1, 0.15) is 0 Å². The molecule has 16 heavy (non-hydrogen) atoms. The second-order valence-electron chi connectivity index (χ2n) is 5.05. The predicted octanol–water partition coefficient (Wildman–Crippen LogP) is 0.396. The first kappa shape index (κ1) is 13.5. The highest BCUT2D eigenvalue weighted by Gasteiger charge is 2.17. The zero-order valence-electron chi connectivity index (χ0n) is 10.8. The summed E-state index contributed by atoms with van der Waals surface area (Å²) in [6, 6.07) is 0. The fourth-order valence-electron chi connectivity index (χ4n) is 1.80. The summed E-state index contributed by atoms with van der Waals surface area (Å²) in [5.74, 6) is 0.976. The molecule has 0 aromatic rings. The molecule has 0 aliphatic carbocycles. The van der Waals surface area contributed by atoms with Crippen molar-refractivity contribution in [3.8, 4) is 0 Å². The molecule has 1 amide bonds. The van der Waals surface area contributed by atoms with Gasteiger partial charge >= 0.3 is 0 Å². The third-order valence-electron chi connectivity index (χ3n) is 2.96. The molecular weight excluding hydrogens is 202 g/mol. The topological polar surface area (TPSA) is 35.6 Å². The third kappa shape index (κ3) is 4.94. The first-order chi connectivity index (χ1) is 7.59. The van der Waals surface area contributed by atoms with Crippen LogP contribution in [0.4, 0.5) is 0 Å². The highest BCUT2D eigenvalue weighted by Crippen LogP contribution is 2.01. The minimum Gasteiger partial charge on any atom is -0.339 e. The summed E-state index contributed by atoms with van der Waals surface area (Å²) >= 11 is 0. The van der Waals surface area contributed by atoms with Gasteiger partial charge < -0.3 is 10.2 Å². The zero-order valence-corrected chi connectivity index (χ0v) is 10.8. The van der Waals surface area contributed by atoms with Crippen molar-refractivity contribution in [2.45, 2.75) is 20.3 Å². The van der Waals surface area contributed by atoms with Crippen LogP contribution in [0.25, 0.3) is 0 Å². The van der Waals surface area contributed by atoms with Crippen molar-refractivity contribution < 1.29 is 4.79 Å². The minimum atomic E-state index is 0.271. The van der Waals surface area contributed by atoms with E-state index in [1.165, 1.54) is 0 Å². The Labute approximate surface area is 99.0 Å². The molecule has 4 heteroatoms. The molecule has 1 saturated heterocycles. The molecule has 0 aromatic carbocycles. The molecule has 4 nitrogen and oxygen atoms in total. The molecular formula is C12H25N3O. The van der Waals surface area contributed by atoms with Crippen molar-refractivity contribution in [2.75, 3.05) is 46.3 Å². The van der Waals surface area contributed by atoms with E-state index in [-0.39, 0.29) is 5.91 Å². The SMILES string of the molecule is CC(C)CCN(C)CC(=O)N1CCNCC1. The second kappa shape index (κ2) is 6.86. The van der Waals surface area contributed by atoms with Crippen molar-refractivity contribution >= 4 is 5.91 Å². The molecule has 1 N–H and O–H groups in total. The minimum absolute atomic E-state index is 0.271. The van der Waals surface area contributed by atoms with Crippen molar-refractivity contribution in [3.05, 3.63) is 0 Å². The summed E-state index contributed by atoms with van der Waals surface area (Å²) < 4.78 is 0. The predicted molar refractivity (Wildman–Crippen MR) is 66.4 cm³/mol. The number of likely N-dealkylation sites (N-methyl/N-ethyl adjacent to an activating group) is 1. The van der Waals surface area contributed by atoms with Gasteiger partial charge in [0.25, 0.3) is 0 Å². The van der Waals surface area contributed by atoms with E-state index in [2.05, 4.69) is 24.1 Å². The lowest BCUT2D eigenvalue weighted by Gasteiger charge is -2.29. The number of hydrogen-bond donors (Lipinski definition) is 1. The number of rotatable bonds is 5. The standard InChI is InChI=1S/C12H25N3O/c1-11(2)4-7-14(3)10-12(16)15-8-5-13-6-9-15/h11,13H,4-10H2,1-3H3. The van der Waals surface area contributed by atoms with E-state index in [9.17, 15) is 4.79 Å². The molecule has 0 radical (unpaired) electrons. The molecule has 1 heterocycles. The number of nitrogens with zero attached hydrogens (tertiary/aromatic N) is 2. The first-order valence-electron chi connectivity index (χ1n) is 6.26. The number of carbonyl (C=O) groups is 1. The third-order valence-corrected chi connectivity index (χ3v) is 2.96. The maximum atomic E-state index is 11.9. The maximum Gasteiger partial charge on any atom is 0.236 e. The molecule has 1 aliphatic heterocycles. The van der Waals surface area contributed by atoms with Crippen LogP contribution in [0.1, 0.15) is 20.3 Å². The number of piperazine rings is 1. The second-order valence-corrected chi connectivity index (χ2v) is 5.05. The van der Waals surface area contributed by atoms with Crippen molar-refractivity contribution in [1.29, 1.82) is 0 Å². The quantitative estimate of drug-likeness (QED) is 0.738. The van der Waals surface area contributed by atoms with Crippen LogP contribution in [-0.2, 0) is 4.79 Å². The average Bonchev–Trinajstić information content (AvgIpc) is 2.27. The van der Waals surface area contributed by atoms with E-state index in [0.717, 1.165) is 39.1 Å². The Kier molecular flexibility index (Phi) is 5.77. The number of hydrogen-bond acceptors (Lipinski definition) is 3. The van der Waals surface area contributed by atoms with Gasteiger partial charge in [0.2, 0.25) is 5.91 Å². The molecule has 0 spiro atoms. The highest BCUT2D eigenvalue weighted by atomic mass is 16.2. The van der Waals surface area contributed by atoms with Gasteiger partial charge in [-0.15, -0.1) is 0 Å². The van der Waals surface area contributed by atoms with Crippen LogP contribution in [0.3, 0.4) is 0 Å². The zero-order chi connectivity index (χ0) is 12.0. The molecule has 94 valence electrons. The Balaban J connectivity index is 2.21. The van der Waals surface area contributed by atoms with E-state index in [1.807, 2.05) is 11.9 Å². The summed E-state index contributed by atoms with van der Waals surface area (Å²) in [7, 11) is 2.03. The van der Waals surface area contributed by atoms with Crippen LogP contribution >= 0.6 is 0 Å². The highest BCUT2D eigenvalue weighted by molar-refractivity contribution is 5.78. The van der Waals surface area contributed by atoms with Crippen LogP contribution in [-0.4, -0.2) is 62.0 Å². The van der Waals surface area contributed by atoms with Gasteiger partial charge in [-0.25, -0.2) is 0 Å². The summed E-state index contributed by atoms with van der Waals surface area (Å²) in [6.07, 6.45) is 1.16. The molecule has 0 unspecified atom stereocenters. The average molecular weight is 227 g/mol. The van der Waals surface area contributed by atoms with E-state index < -0.39 is 0 Å². The van der Waals surface area contributed by atoms with Gasteiger partial charge in [0, 0.05) is 26.2 Å². The summed E-state index contributed by atoms with van der Waals surface area (Å²) in [5.41, 5.74) is 0. The van der Waals surface area contributed by atoms with Gasteiger partial charge in [-0.3, -0.25) is 9.69 Å². The van der Waals surface area contributed by atoms with Crippen molar-refractivity contribution in [2.24, 2.45) is 5.92 Å². The van der Waals surface area contributed by atoms with Crippen LogP contribution in [0.15, 0.2) is 0 Å². The Morgan fingerprint density at radius 3 is 2.56 bits per heavy atom. The van der Waals surface area contributed by atoms with Crippen LogP contribution in [0, 0.1) is 5.92 Å². The van der Waals surface area contributed by atoms with Gasteiger partial charge in [-0.05, 0) is 25.9 Å². The molecule has 0 saturated carbocycles. The van der Waals surface area contributed by atoms with E-state index >= 15 is 0 Å². The monoisotopic (exact) mass is 227 g/mol. The van der Waals surface area contributed by atoms with Gasteiger partial charge in [-0.2, -0.15) is 0 Å². The van der Waals surface area contributed by atoms with Gasteiger partial charge in [-0.1, -0.05) is 13.8 Å². The Morgan fingerprint density at radius 2 is 2.00 bits per heavy atom. The molecule has 1 fully saturated rings. The maximum absolute atomic E-state index is 11.9. The largest absolute Gasteiger partial charge is 0.339 e. The molecule has 0 aromatic heterocycles. The lowest BCUT2D eigenvalue weighted by molar-refractivity contribution is -0.132. The van der Waals surface area contributed by atoms with Crippen molar-refractivity contribution in [1.82, 2.24) is 15.1 Å². The summed E-state index contributed by atoms with van der Waals surface area (Å²) in [5, 5.41) is 3.26. The molecule has 1 aliphatic rings. The summed E-state index contributed by atoms with van der Waals surface area (Å²) in [4.78, 5) is 16.0. The summed E-state index contributed by atoms with van der Waals surface area (Å²) in [6.45, 7) is 9.58. The van der Waals surface area contributed by atoms with E-state index in [1.54, 1.807) is 0 Å². The van der Waals surface area contributed by atoms with Crippen LogP contribution in [0.2, 0.25) is 0 Å². The lowest BCUT2D eigenvalue weighted by Crippen LogP contribution is -2.49. The van der Waals surface area contributed by atoms with Gasteiger partial charge in [0.15, 0.2) is 0 Å². The first-order valence-corrected chi connectivity index (χ1v) is 6.26. The Morgan fingerprint density at radius 1 is 1.38 bits per heavy atom. The van der Waals surface area contributed by atoms with E-state index in [0.29, 0.717) is 12.5 Å².